The van der Waals surface area contributed by atoms with Crippen molar-refractivity contribution in [2.45, 2.75) is 56.7 Å². The van der Waals surface area contributed by atoms with Crippen LogP contribution < -0.4 is 0 Å². The molecular formula is C17H24O6S. The molecule has 1 aromatic rings. The minimum absolute atomic E-state index is 0.0661. The van der Waals surface area contributed by atoms with E-state index in [0.717, 1.165) is 5.56 Å². The van der Waals surface area contributed by atoms with Crippen molar-refractivity contribution in [2.24, 2.45) is 0 Å². The van der Waals surface area contributed by atoms with Crippen LogP contribution in [0.5, 0.6) is 0 Å². The molecule has 0 aliphatic carbocycles. The Hall–Kier alpha value is -1.25. The maximum atomic E-state index is 12.2. The molecule has 0 fully saturated rings. The van der Waals surface area contributed by atoms with Gasteiger partial charge in [0.05, 0.1) is 17.1 Å². The Morgan fingerprint density at radius 3 is 2.38 bits per heavy atom. The maximum absolute atomic E-state index is 12.2. The Morgan fingerprint density at radius 1 is 1.17 bits per heavy atom. The van der Waals surface area contributed by atoms with Crippen LogP contribution in [0.25, 0.3) is 0 Å². The van der Waals surface area contributed by atoms with Gasteiger partial charge in [-0.05, 0) is 45.9 Å². The van der Waals surface area contributed by atoms with Crippen molar-refractivity contribution in [3.63, 3.8) is 0 Å². The van der Waals surface area contributed by atoms with Crippen LogP contribution in [-0.2, 0) is 23.8 Å². The third-order valence-corrected chi connectivity index (χ3v) is 4.62. The molecule has 0 radical (unpaired) electrons. The molecule has 1 aliphatic heterocycles. The van der Waals surface area contributed by atoms with Crippen molar-refractivity contribution < 1.29 is 27.2 Å². The number of aryl methyl sites for hydroxylation is 1. The van der Waals surface area contributed by atoms with Crippen LogP contribution in [0, 0.1) is 6.92 Å². The van der Waals surface area contributed by atoms with Crippen molar-refractivity contribution in [3.05, 3.63) is 42.0 Å². The van der Waals surface area contributed by atoms with E-state index in [1.54, 1.807) is 18.2 Å². The van der Waals surface area contributed by atoms with E-state index in [1.807, 2.05) is 27.7 Å². The van der Waals surface area contributed by atoms with Crippen LogP contribution >= 0.6 is 0 Å². The zero-order valence-corrected chi connectivity index (χ0v) is 15.1. The first kappa shape index (κ1) is 19.1. The molecule has 1 aliphatic rings. The lowest BCUT2D eigenvalue weighted by Crippen LogP contribution is -2.42. The predicted octanol–water partition coefficient (Wildman–Crippen LogP) is 2.16. The monoisotopic (exact) mass is 356 g/mol. The summed E-state index contributed by atoms with van der Waals surface area (Å²) >= 11 is 0. The summed E-state index contributed by atoms with van der Waals surface area (Å²) in [6.07, 6.45) is 0.664. The van der Waals surface area contributed by atoms with Gasteiger partial charge in [-0.2, -0.15) is 8.42 Å². The van der Waals surface area contributed by atoms with Crippen molar-refractivity contribution in [1.29, 1.82) is 0 Å². The number of benzene rings is 1. The zero-order valence-electron chi connectivity index (χ0n) is 14.3. The molecule has 24 heavy (non-hydrogen) atoms. The van der Waals surface area contributed by atoms with Crippen LogP contribution in [0.1, 0.15) is 26.3 Å². The Balaban J connectivity index is 2.00. The lowest BCUT2D eigenvalue weighted by Gasteiger charge is -2.33. The van der Waals surface area contributed by atoms with Gasteiger partial charge in [-0.3, -0.25) is 4.18 Å². The van der Waals surface area contributed by atoms with E-state index in [2.05, 4.69) is 0 Å². The van der Waals surface area contributed by atoms with Gasteiger partial charge in [0.1, 0.15) is 12.2 Å². The van der Waals surface area contributed by atoms with Gasteiger partial charge in [0.25, 0.3) is 10.1 Å². The van der Waals surface area contributed by atoms with E-state index >= 15 is 0 Å². The average Bonchev–Trinajstić information content (AvgIpc) is 2.47. The van der Waals surface area contributed by atoms with Gasteiger partial charge < -0.3 is 14.6 Å². The molecular weight excluding hydrogens is 332 g/mol. The summed E-state index contributed by atoms with van der Waals surface area (Å²) in [5, 5.41) is 9.95. The number of aliphatic hydroxyl groups excluding tert-OH is 1. The summed E-state index contributed by atoms with van der Waals surface area (Å²) < 4.78 is 40.7. The fraction of sp³-hybridized carbons (Fsp3) is 0.529. The second-order valence-electron chi connectivity index (χ2n) is 6.70. The lowest BCUT2D eigenvalue weighted by atomic mass is 10.1. The first-order valence-corrected chi connectivity index (χ1v) is 9.13. The van der Waals surface area contributed by atoms with Crippen molar-refractivity contribution in [1.82, 2.24) is 0 Å². The molecule has 1 heterocycles. The van der Waals surface area contributed by atoms with E-state index in [9.17, 15) is 13.5 Å². The fourth-order valence-corrected chi connectivity index (χ4v) is 3.03. The Labute approximate surface area is 143 Å². The van der Waals surface area contributed by atoms with Gasteiger partial charge >= 0.3 is 0 Å². The number of ether oxygens (including phenoxy) is 2. The van der Waals surface area contributed by atoms with E-state index < -0.39 is 34.2 Å². The number of rotatable bonds is 5. The third kappa shape index (κ3) is 5.39. The predicted molar refractivity (Wildman–Crippen MR) is 89.0 cm³/mol. The molecule has 1 aromatic carbocycles. The minimum Gasteiger partial charge on any atom is -0.386 e. The quantitative estimate of drug-likeness (QED) is 0.643. The van der Waals surface area contributed by atoms with Crippen LogP contribution in [0.3, 0.4) is 0 Å². The number of hydrogen-bond acceptors (Lipinski definition) is 6. The Kier molecular flexibility index (Phi) is 5.83. The smallest absolute Gasteiger partial charge is 0.297 e. The summed E-state index contributed by atoms with van der Waals surface area (Å²) in [6.45, 7) is 7.20. The minimum atomic E-state index is -3.91. The molecule has 0 unspecified atom stereocenters. The molecule has 2 rings (SSSR count). The molecule has 6 nitrogen and oxygen atoms in total. The largest absolute Gasteiger partial charge is 0.386 e. The van der Waals surface area contributed by atoms with Gasteiger partial charge in [0, 0.05) is 0 Å². The molecule has 3 atom stereocenters. The molecule has 0 bridgehead atoms. The standard InChI is InChI=1S/C17H24O6S/c1-12-5-7-13(8-6-12)24(19,20)21-11-15-14(18)9-10-16(22-15)23-17(2,3)4/h5-10,14-16,18H,11H2,1-4H3/t14-,15+,16+/m0/s1. The second-order valence-corrected chi connectivity index (χ2v) is 8.32. The normalized spacial score (nSPS) is 25.0. The molecule has 0 amide bonds. The highest BCUT2D eigenvalue weighted by Gasteiger charge is 2.30. The number of hydrogen-bond donors (Lipinski definition) is 1. The average molecular weight is 356 g/mol. The third-order valence-electron chi connectivity index (χ3n) is 3.32. The Morgan fingerprint density at radius 2 is 1.79 bits per heavy atom. The second kappa shape index (κ2) is 7.33. The van der Waals surface area contributed by atoms with E-state index in [0.29, 0.717) is 0 Å². The first-order chi connectivity index (χ1) is 11.1. The molecule has 1 N–H and O–H groups in total. The summed E-state index contributed by atoms with van der Waals surface area (Å²) in [5.41, 5.74) is 0.517. The summed E-state index contributed by atoms with van der Waals surface area (Å²) in [5.74, 6) is 0. The van der Waals surface area contributed by atoms with E-state index in [-0.39, 0.29) is 11.5 Å². The summed E-state index contributed by atoms with van der Waals surface area (Å²) in [6, 6.07) is 6.35. The molecule has 0 saturated carbocycles. The molecule has 0 saturated heterocycles. The summed E-state index contributed by atoms with van der Waals surface area (Å²) in [7, 11) is -3.91. The van der Waals surface area contributed by atoms with Crippen LogP contribution in [-0.4, -0.2) is 44.2 Å². The van der Waals surface area contributed by atoms with Crippen molar-refractivity contribution in [2.75, 3.05) is 6.61 Å². The van der Waals surface area contributed by atoms with Crippen LogP contribution in [0.2, 0.25) is 0 Å². The van der Waals surface area contributed by atoms with E-state index in [1.165, 1.54) is 18.2 Å². The SMILES string of the molecule is Cc1ccc(S(=O)(=O)OC[C@H]2O[C@H](OC(C)(C)C)C=C[C@@H]2O)cc1. The van der Waals surface area contributed by atoms with Gasteiger partial charge in [0.2, 0.25) is 0 Å². The van der Waals surface area contributed by atoms with Gasteiger partial charge in [0.15, 0.2) is 6.29 Å². The lowest BCUT2D eigenvalue weighted by molar-refractivity contribution is -0.214. The topological polar surface area (TPSA) is 82.1 Å². The van der Waals surface area contributed by atoms with Crippen molar-refractivity contribution in [3.8, 4) is 0 Å². The maximum Gasteiger partial charge on any atom is 0.297 e. The molecule has 0 aromatic heterocycles. The molecule has 134 valence electrons. The highest BCUT2D eigenvalue weighted by molar-refractivity contribution is 7.86. The fourth-order valence-electron chi connectivity index (χ4n) is 2.11. The highest BCUT2D eigenvalue weighted by atomic mass is 32.2. The number of aliphatic hydroxyl groups is 1. The van der Waals surface area contributed by atoms with Crippen LogP contribution in [0.15, 0.2) is 41.3 Å². The summed E-state index contributed by atoms with van der Waals surface area (Å²) in [4.78, 5) is 0.0661. The Bertz CT molecular complexity index is 672. The van der Waals surface area contributed by atoms with Crippen LogP contribution in [0.4, 0.5) is 0 Å². The van der Waals surface area contributed by atoms with Gasteiger partial charge in [-0.1, -0.05) is 23.8 Å². The first-order valence-electron chi connectivity index (χ1n) is 7.73. The van der Waals surface area contributed by atoms with Gasteiger partial charge in [-0.25, -0.2) is 0 Å². The van der Waals surface area contributed by atoms with Gasteiger partial charge in [-0.15, -0.1) is 0 Å². The van der Waals surface area contributed by atoms with Crippen molar-refractivity contribution >= 4 is 10.1 Å². The highest BCUT2D eigenvalue weighted by Crippen LogP contribution is 2.21. The zero-order chi connectivity index (χ0) is 18.0. The molecule has 7 heteroatoms. The van der Waals surface area contributed by atoms with E-state index in [4.69, 9.17) is 13.7 Å². The molecule has 0 spiro atoms.